The molecule has 134 valence electrons. The van der Waals surface area contributed by atoms with Gasteiger partial charge in [0.05, 0.1) is 13.2 Å². The molecule has 4 nitrogen and oxygen atoms in total. The quantitative estimate of drug-likeness (QED) is 0.498. The van der Waals surface area contributed by atoms with Gasteiger partial charge in [-0.15, -0.1) is 0 Å². The van der Waals surface area contributed by atoms with E-state index in [-0.39, 0.29) is 25.0 Å². The second-order valence-corrected chi connectivity index (χ2v) is 6.38. The van der Waals surface area contributed by atoms with Gasteiger partial charge in [-0.3, -0.25) is 9.59 Å². The van der Waals surface area contributed by atoms with Crippen LogP contribution in [0.2, 0.25) is 0 Å². The van der Waals surface area contributed by atoms with Crippen molar-refractivity contribution >= 4 is 11.9 Å². The first-order chi connectivity index (χ1) is 11.4. The van der Waals surface area contributed by atoms with Crippen LogP contribution in [0, 0.1) is 11.3 Å². The largest absolute Gasteiger partial charge is 0.465 e. The van der Waals surface area contributed by atoms with Crippen LogP contribution in [0.15, 0.2) is 30.3 Å². The van der Waals surface area contributed by atoms with Crippen molar-refractivity contribution in [3.05, 3.63) is 35.9 Å². The van der Waals surface area contributed by atoms with E-state index in [4.69, 9.17) is 9.47 Å². The molecule has 0 saturated heterocycles. The Morgan fingerprint density at radius 3 is 1.83 bits per heavy atom. The summed E-state index contributed by atoms with van der Waals surface area (Å²) in [6.07, 6.45) is 1.05. The highest BCUT2D eigenvalue weighted by atomic mass is 16.6. The van der Waals surface area contributed by atoms with Gasteiger partial charge in [0.25, 0.3) is 0 Å². The third-order valence-corrected chi connectivity index (χ3v) is 4.21. The molecule has 0 aromatic heterocycles. The van der Waals surface area contributed by atoms with Crippen LogP contribution in [0.1, 0.15) is 58.9 Å². The molecule has 0 aliphatic rings. The molecule has 1 aromatic carbocycles. The van der Waals surface area contributed by atoms with Crippen LogP contribution in [0.4, 0.5) is 0 Å². The summed E-state index contributed by atoms with van der Waals surface area (Å²) < 4.78 is 10.7. The fourth-order valence-electron chi connectivity index (χ4n) is 3.39. The molecule has 0 aliphatic carbocycles. The van der Waals surface area contributed by atoms with Crippen molar-refractivity contribution in [1.82, 2.24) is 0 Å². The summed E-state index contributed by atoms with van der Waals surface area (Å²) in [4.78, 5) is 25.9. The van der Waals surface area contributed by atoms with Gasteiger partial charge in [-0.2, -0.15) is 0 Å². The molecular weight excluding hydrogens is 304 g/mol. The van der Waals surface area contributed by atoms with Crippen molar-refractivity contribution in [2.24, 2.45) is 11.3 Å². The maximum absolute atomic E-state index is 13.0. The van der Waals surface area contributed by atoms with Gasteiger partial charge in [0.15, 0.2) is 5.41 Å². The zero-order valence-electron chi connectivity index (χ0n) is 15.5. The summed E-state index contributed by atoms with van der Waals surface area (Å²) in [7, 11) is 0. The first-order valence-electron chi connectivity index (χ1n) is 8.83. The number of carbonyl (C=O) groups excluding carboxylic acids is 2. The monoisotopic (exact) mass is 334 g/mol. The van der Waals surface area contributed by atoms with Crippen LogP contribution in [0.25, 0.3) is 0 Å². The molecule has 0 spiro atoms. The zero-order valence-corrected chi connectivity index (χ0v) is 15.5. The Morgan fingerprint density at radius 1 is 0.958 bits per heavy atom. The van der Waals surface area contributed by atoms with E-state index >= 15 is 0 Å². The van der Waals surface area contributed by atoms with Crippen LogP contribution in [-0.4, -0.2) is 25.2 Å². The predicted octanol–water partition coefficient (Wildman–Crippen LogP) is 4.34. The fourth-order valence-corrected chi connectivity index (χ4v) is 3.39. The summed E-state index contributed by atoms with van der Waals surface area (Å²) in [6, 6.07) is 9.70. The summed E-state index contributed by atoms with van der Waals surface area (Å²) in [5.41, 5.74) is -0.349. The number of ether oxygens (including phenoxy) is 2. The maximum atomic E-state index is 13.0. The Hall–Kier alpha value is -1.84. The maximum Gasteiger partial charge on any atom is 0.324 e. The Morgan fingerprint density at radius 2 is 1.46 bits per heavy atom. The van der Waals surface area contributed by atoms with E-state index in [9.17, 15) is 9.59 Å². The minimum absolute atomic E-state index is 0.150. The van der Waals surface area contributed by atoms with Crippen LogP contribution < -0.4 is 0 Å². The van der Waals surface area contributed by atoms with Crippen molar-refractivity contribution in [2.45, 2.75) is 53.4 Å². The molecule has 0 heterocycles. The minimum Gasteiger partial charge on any atom is -0.465 e. The van der Waals surface area contributed by atoms with Gasteiger partial charge in [-0.05, 0) is 38.2 Å². The summed E-state index contributed by atoms with van der Waals surface area (Å²) in [5, 5.41) is 0. The number of hydrogen-bond donors (Lipinski definition) is 0. The molecule has 1 unspecified atom stereocenters. The minimum atomic E-state index is -1.31. The first kappa shape index (κ1) is 20.2. The van der Waals surface area contributed by atoms with Crippen molar-refractivity contribution in [3.63, 3.8) is 0 Å². The standard InChI is InChI=1S/C20H30O4/c1-6-17(16-12-10-9-11-13-16)20(14-15(4)5,18(21)23-7-2)19(22)24-8-3/h9-13,15,17H,6-8,14H2,1-5H3. The highest BCUT2D eigenvalue weighted by Crippen LogP contribution is 2.45. The van der Waals surface area contributed by atoms with E-state index in [1.165, 1.54) is 0 Å². The topological polar surface area (TPSA) is 52.6 Å². The number of carbonyl (C=O) groups is 2. The van der Waals surface area contributed by atoms with Gasteiger partial charge in [0.2, 0.25) is 0 Å². The highest BCUT2D eigenvalue weighted by Gasteiger charge is 2.54. The molecule has 24 heavy (non-hydrogen) atoms. The lowest BCUT2D eigenvalue weighted by Crippen LogP contribution is -2.47. The fraction of sp³-hybridized carbons (Fsp3) is 0.600. The van der Waals surface area contributed by atoms with E-state index in [0.717, 1.165) is 5.56 Å². The third kappa shape index (κ3) is 4.37. The van der Waals surface area contributed by atoms with Crippen LogP contribution in [0.3, 0.4) is 0 Å². The normalized spacial score (nSPS) is 12.8. The predicted molar refractivity (Wildman–Crippen MR) is 94.6 cm³/mol. The second-order valence-electron chi connectivity index (χ2n) is 6.38. The van der Waals surface area contributed by atoms with Gasteiger partial charge in [-0.1, -0.05) is 51.1 Å². The lowest BCUT2D eigenvalue weighted by molar-refractivity contribution is -0.176. The molecule has 0 N–H and O–H groups in total. The molecule has 1 rings (SSSR count). The van der Waals surface area contributed by atoms with E-state index in [2.05, 4.69) is 0 Å². The summed E-state index contributed by atoms with van der Waals surface area (Å²) in [5.74, 6) is -1.09. The SMILES string of the molecule is CCOC(=O)C(CC(C)C)(C(=O)OCC)C(CC)c1ccccc1. The molecule has 0 fully saturated rings. The van der Waals surface area contributed by atoms with Gasteiger partial charge in [0.1, 0.15) is 0 Å². The molecule has 4 heteroatoms. The van der Waals surface area contributed by atoms with E-state index in [1.807, 2.05) is 51.1 Å². The molecule has 0 amide bonds. The molecule has 1 aromatic rings. The van der Waals surface area contributed by atoms with E-state index in [0.29, 0.717) is 12.8 Å². The molecule has 0 bridgehead atoms. The van der Waals surface area contributed by atoms with Crippen molar-refractivity contribution in [2.75, 3.05) is 13.2 Å². The number of hydrogen-bond acceptors (Lipinski definition) is 4. The Balaban J connectivity index is 3.51. The zero-order chi connectivity index (χ0) is 18.2. The van der Waals surface area contributed by atoms with E-state index < -0.39 is 17.4 Å². The van der Waals surface area contributed by atoms with Crippen LogP contribution in [-0.2, 0) is 19.1 Å². The Labute approximate surface area is 145 Å². The van der Waals surface area contributed by atoms with Gasteiger partial charge >= 0.3 is 11.9 Å². The number of esters is 2. The summed E-state index contributed by atoms with van der Waals surface area (Å²) in [6.45, 7) is 9.99. The average Bonchev–Trinajstić information content (AvgIpc) is 2.55. The first-order valence-corrected chi connectivity index (χ1v) is 8.83. The van der Waals surface area contributed by atoms with E-state index in [1.54, 1.807) is 13.8 Å². The van der Waals surface area contributed by atoms with Gasteiger partial charge < -0.3 is 9.47 Å². The summed E-state index contributed by atoms with van der Waals surface area (Å²) >= 11 is 0. The van der Waals surface area contributed by atoms with Gasteiger partial charge in [-0.25, -0.2) is 0 Å². The molecule has 0 aliphatic heterocycles. The average molecular weight is 334 g/mol. The molecule has 0 radical (unpaired) electrons. The van der Waals surface area contributed by atoms with Crippen molar-refractivity contribution in [3.8, 4) is 0 Å². The smallest absolute Gasteiger partial charge is 0.324 e. The second kappa shape index (κ2) is 9.45. The van der Waals surface area contributed by atoms with Crippen LogP contribution in [0.5, 0.6) is 0 Å². The lowest BCUT2D eigenvalue weighted by Gasteiger charge is -2.37. The van der Waals surface area contributed by atoms with Crippen molar-refractivity contribution in [1.29, 1.82) is 0 Å². The van der Waals surface area contributed by atoms with Crippen molar-refractivity contribution < 1.29 is 19.1 Å². The Bertz CT molecular complexity index is 504. The highest BCUT2D eigenvalue weighted by molar-refractivity contribution is 6.01. The number of benzene rings is 1. The number of rotatable bonds is 9. The molecule has 0 saturated carbocycles. The van der Waals surface area contributed by atoms with Crippen LogP contribution >= 0.6 is 0 Å². The van der Waals surface area contributed by atoms with Gasteiger partial charge in [0, 0.05) is 5.92 Å². The lowest BCUT2D eigenvalue weighted by atomic mass is 9.66. The molecule has 1 atom stereocenters. The molecular formula is C20H30O4. The third-order valence-electron chi connectivity index (χ3n) is 4.21. The Kier molecular flexibility index (Phi) is 7.96.